The van der Waals surface area contributed by atoms with Gasteiger partial charge in [0.15, 0.2) is 0 Å². The van der Waals surface area contributed by atoms with E-state index in [4.69, 9.17) is 10.8 Å². The lowest BCUT2D eigenvalue weighted by molar-refractivity contribution is -0.137. The van der Waals surface area contributed by atoms with Gasteiger partial charge in [-0.25, -0.2) is 5.84 Å². The summed E-state index contributed by atoms with van der Waals surface area (Å²) in [7, 11) is 0. The molecule has 6 heteroatoms. The van der Waals surface area contributed by atoms with Gasteiger partial charge in [0.25, 0.3) is 0 Å². The Kier molecular flexibility index (Phi) is 12.4. The third-order valence-electron chi connectivity index (χ3n) is 6.88. The molecular weight excluding hydrogens is 531 g/mol. The van der Waals surface area contributed by atoms with E-state index in [1.165, 1.54) is 22.7 Å². The zero-order valence-electron chi connectivity index (χ0n) is 25.1. The van der Waals surface area contributed by atoms with E-state index in [9.17, 15) is 13.2 Å². The van der Waals surface area contributed by atoms with Crippen molar-refractivity contribution >= 4 is 11.5 Å². The summed E-state index contributed by atoms with van der Waals surface area (Å²) in [6.07, 6.45) is 0.726. The average Bonchev–Trinajstić information content (AvgIpc) is 3.03. The van der Waals surface area contributed by atoms with Gasteiger partial charge in [0.05, 0.1) is 11.3 Å². The average molecular weight is 574 g/mol. The lowest BCUT2D eigenvalue weighted by atomic mass is 9.96. The highest BCUT2D eigenvalue weighted by Crippen LogP contribution is 2.33. The largest absolute Gasteiger partial charge is 0.416 e. The predicted octanol–water partition coefficient (Wildman–Crippen LogP) is 10.3. The molecule has 222 valence electrons. The smallest absolute Gasteiger partial charge is 0.267 e. The number of hydrogen-bond acceptors (Lipinski definition) is 2. The van der Waals surface area contributed by atoms with Gasteiger partial charge in [-0.05, 0) is 77.4 Å². The van der Waals surface area contributed by atoms with E-state index < -0.39 is 11.7 Å². The monoisotopic (exact) mass is 573 g/mol. The minimum absolute atomic E-state index is 0.424. The maximum absolute atomic E-state index is 13.2. The van der Waals surface area contributed by atoms with Gasteiger partial charge in [-0.15, -0.1) is 0 Å². The summed E-state index contributed by atoms with van der Waals surface area (Å²) in [5.41, 5.74) is 5.90. The van der Waals surface area contributed by atoms with Crippen LogP contribution >= 0.6 is 0 Å². The molecule has 4 aromatic rings. The Balaban J connectivity index is 0.00000237. The minimum atomic E-state index is -4.41. The lowest BCUT2D eigenvalue weighted by Crippen LogP contribution is -2.38. The second kappa shape index (κ2) is 15.9. The van der Waals surface area contributed by atoms with Crippen molar-refractivity contribution in [3.63, 3.8) is 0 Å². The maximum Gasteiger partial charge on any atom is 0.416 e. The van der Waals surface area contributed by atoms with Crippen molar-refractivity contribution in [1.29, 1.82) is 0 Å². The minimum Gasteiger partial charge on any atom is -0.267 e. The first-order valence-electron chi connectivity index (χ1n) is 14.9. The van der Waals surface area contributed by atoms with Gasteiger partial charge in [0.2, 0.25) is 0 Å². The van der Waals surface area contributed by atoms with Crippen molar-refractivity contribution in [2.75, 3.05) is 11.6 Å². The number of halogens is 3. The molecule has 0 aliphatic rings. The molecule has 0 radical (unpaired) electrons. The maximum atomic E-state index is 13.2. The van der Waals surface area contributed by atoms with Crippen LogP contribution in [0.3, 0.4) is 0 Å². The molecule has 0 aliphatic heterocycles. The molecule has 0 spiro atoms. The van der Waals surface area contributed by atoms with Crippen LogP contribution in [0.25, 0.3) is 22.3 Å². The van der Waals surface area contributed by atoms with Crippen LogP contribution in [0.15, 0.2) is 102 Å². The summed E-state index contributed by atoms with van der Waals surface area (Å²) >= 11 is 0. The number of anilines is 1. The van der Waals surface area contributed by atoms with Gasteiger partial charge in [0, 0.05) is 12.1 Å². The number of aryl methyl sites for hydroxylation is 1. The summed E-state index contributed by atoms with van der Waals surface area (Å²) in [5.74, 6) is 7.15. The van der Waals surface area contributed by atoms with E-state index in [1.54, 1.807) is 0 Å². The number of unbranched alkanes of at least 4 members (excludes halogenated alkanes) is 2. The van der Waals surface area contributed by atoms with E-state index in [1.807, 2.05) is 56.3 Å². The van der Waals surface area contributed by atoms with Gasteiger partial charge in [0.1, 0.15) is 5.84 Å². The van der Waals surface area contributed by atoms with E-state index >= 15 is 0 Å². The van der Waals surface area contributed by atoms with Crippen molar-refractivity contribution in [2.45, 2.75) is 66.0 Å². The molecule has 0 saturated heterocycles. The Hall–Kier alpha value is -3.90. The molecule has 0 aromatic heterocycles. The number of nitrogens with two attached hydrogens (primary N) is 1. The molecule has 0 bridgehead atoms. The second-order valence-electron chi connectivity index (χ2n) is 9.94. The predicted molar refractivity (Wildman–Crippen MR) is 172 cm³/mol. The third-order valence-corrected chi connectivity index (χ3v) is 6.88. The Morgan fingerprint density at radius 3 is 1.83 bits per heavy atom. The number of rotatable bonds is 10. The highest BCUT2D eigenvalue weighted by atomic mass is 19.4. The second-order valence-corrected chi connectivity index (χ2v) is 9.94. The summed E-state index contributed by atoms with van der Waals surface area (Å²) in [6, 6.07) is 29.8. The Labute approximate surface area is 248 Å². The number of hydrazine groups is 1. The summed E-state index contributed by atoms with van der Waals surface area (Å²) < 4.78 is 39.7. The Morgan fingerprint density at radius 2 is 1.29 bits per heavy atom. The summed E-state index contributed by atoms with van der Waals surface area (Å²) in [5, 5.41) is 1.49. The number of benzene rings is 4. The molecule has 4 aromatic carbocycles. The van der Waals surface area contributed by atoms with Crippen molar-refractivity contribution in [3.8, 4) is 22.3 Å². The van der Waals surface area contributed by atoms with Crippen LogP contribution in [0.5, 0.6) is 0 Å². The summed E-state index contributed by atoms with van der Waals surface area (Å²) in [6.45, 7) is 8.77. The number of amidine groups is 1. The highest BCUT2D eigenvalue weighted by Gasteiger charge is 2.30. The van der Waals surface area contributed by atoms with Crippen molar-refractivity contribution in [2.24, 2.45) is 10.8 Å². The molecule has 0 fully saturated rings. The first kappa shape index (κ1) is 32.6. The highest BCUT2D eigenvalue weighted by molar-refractivity contribution is 6.09. The van der Waals surface area contributed by atoms with Crippen LogP contribution in [0.2, 0.25) is 0 Å². The molecule has 4 rings (SSSR count). The van der Waals surface area contributed by atoms with Gasteiger partial charge < -0.3 is 0 Å². The van der Waals surface area contributed by atoms with E-state index in [-0.39, 0.29) is 0 Å². The van der Waals surface area contributed by atoms with Crippen molar-refractivity contribution in [1.82, 2.24) is 0 Å². The van der Waals surface area contributed by atoms with Gasteiger partial charge in [-0.3, -0.25) is 10.0 Å². The zero-order valence-corrected chi connectivity index (χ0v) is 25.1. The first-order valence-corrected chi connectivity index (χ1v) is 14.9. The quantitative estimate of drug-likeness (QED) is 0.0674. The Bertz CT molecular complexity index is 1390. The summed E-state index contributed by atoms with van der Waals surface area (Å²) in [4.78, 5) is 4.73. The molecule has 0 unspecified atom stereocenters. The zero-order chi connectivity index (χ0) is 30.5. The number of nitrogens with zero attached hydrogens (tertiary/aromatic N) is 2. The van der Waals surface area contributed by atoms with E-state index in [0.29, 0.717) is 23.6 Å². The van der Waals surface area contributed by atoms with E-state index in [2.05, 4.69) is 44.2 Å². The molecular formula is C36H42F3N3. The van der Waals surface area contributed by atoms with E-state index in [0.717, 1.165) is 66.5 Å². The van der Waals surface area contributed by atoms with Crippen LogP contribution in [0.4, 0.5) is 18.9 Å². The molecule has 0 atom stereocenters. The Morgan fingerprint density at radius 1 is 0.714 bits per heavy atom. The standard InChI is InChI=1S/C34H36F3N3.C2H6/c1-3-5-10-25-13-15-27(16-14-25)30-22-29(26-11-8-7-9-12-26)23-32(24-30)40(38)33(39-21-6-4-2)28-17-19-31(20-18-28)34(35,36)37;1-2/h7-9,11-20,22-24H,3-6,10,21,38H2,1-2H3;1-2H3. The SMILES string of the molecule is CC.CCCCN=C(c1ccc(C(F)(F)F)cc1)N(N)c1cc(-c2ccccc2)cc(-c2ccc(CCCC)cc2)c1. The fraction of sp³-hybridized carbons (Fsp3) is 0.306. The normalized spacial score (nSPS) is 11.6. The van der Waals surface area contributed by atoms with Crippen LogP contribution in [0.1, 0.15) is 70.1 Å². The number of aliphatic imine (C=N–C) groups is 1. The molecule has 2 N–H and O–H groups in total. The van der Waals surface area contributed by atoms with Crippen molar-refractivity contribution in [3.05, 3.63) is 114 Å². The van der Waals surface area contributed by atoms with Crippen LogP contribution in [-0.2, 0) is 12.6 Å². The van der Waals surface area contributed by atoms with Crippen LogP contribution in [0, 0.1) is 0 Å². The molecule has 42 heavy (non-hydrogen) atoms. The fourth-order valence-electron chi connectivity index (χ4n) is 4.54. The van der Waals surface area contributed by atoms with Crippen molar-refractivity contribution < 1.29 is 13.2 Å². The fourth-order valence-corrected chi connectivity index (χ4v) is 4.54. The van der Waals surface area contributed by atoms with Gasteiger partial charge >= 0.3 is 6.18 Å². The molecule has 0 heterocycles. The van der Waals surface area contributed by atoms with Gasteiger partial charge in [-0.2, -0.15) is 13.2 Å². The van der Waals surface area contributed by atoms with Gasteiger partial charge in [-0.1, -0.05) is 107 Å². The molecule has 3 nitrogen and oxygen atoms in total. The molecule has 0 saturated carbocycles. The third kappa shape index (κ3) is 8.80. The number of alkyl halides is 3. The topological polar surface area (TPSA) is 41.6 Å². The van der Waals surface area contributed by atoms with Crippen LogP contribution in [-0.4, -0.2) is 12.4 Å². The lowest BCUT2D eigenvalue weighted by Gasteiger charge is -2.23. The first-order chi connectivity index (χ1) is 20.3. The molecule has 0 amide bonds. The molecule has 0 aliphatic carbocycles. The number of hydrogen-bond donors (Lipinski definition) is 1. The van der Waals surface area contributed by atoms with Crippen LogP contribution < -0.4 is 10.9 Å².